The second-order valence-corrected chi connectivity index (χ2v) is 9.29. The molecule has 0 saturated carbocycles. The number of anilines is 2. The number of rotatable bonds is 9. The van der Waals surface area contributed by atoms with Crippen molar-refractivity contribution in [2.45, 2.75) is 19.9 Å². The third kappa shape index (κ3) is 6.35. The molecule has 0 heterocycles. The minimum Gasteiger partial charge on any atom is -0.462 e. The zero-order chi connectivity index (χ0) is 24.7. The molecule has 178 valence electrons. The van der Waals surface area contributed by atoms with E-state index in [4.69, 9.17) is 9.47 Å². The average molecular weight is 483 g/mol. The molecule has 3 aromatic carbocycles. The standard InChI is InChI=1S/C25H26N2O6S/c1-4-32-25(29)19-9-8-10-20(17-19)26-24(28)18(2)27(34(3,30)31)21-13-15-23(16-14-21)33-22-11-6-5-7-12-22/h5-18H,4H2,1-3H3,(H,26,28)/t18-/m0/s1. The van der Waals surface area contributed by atoms with Gasteiger partial charge >= 0.3 is 5.97 Å². The molecule has 9 heteroatoms. The molecule has 3 rings (SSSR count). The summed E-state index contributed by atoms with van der Waals surface area (Å²) in [6.45, 7) is 3.41. The maximum atomic E-state index is 12.9. The van der Waals surface area contributed by atoms with Gasteiger partial charge in [-0.2, -0.15) is 0 Å². The van der Waals surface area contributed by atoms with Crippen LogP contribution in [0.5, 0.6) is 11.5 Å². The summed E-state index contributed by atoms with van der Waals surface area (Å²) in [7, 11) is -3.80. The first-order chi connectivity index (χ1) is 16.2. The number of benzene rings is 3. The van der Waals surface area contributed by atoms with E-state index in [2.05, 4.69) is 5.32 Å². The highest BCUT2D eigenvalue weighted by atomic mass is 32.2. The zero-order valence-corrected chi connectivity index (χ0v) is 19.9. The van der Waals surface area contributed by atoms with Crippen LogP contribution < -0.4 is 14.4 Å². The Balaban J connectivity index is 1.78. The number of nitrogens with one attached hydrogen (secondary N) is 1. The van der Waals surface area contributed by atoms with Crippen molar-refractivity contribution >= 4 is 33.3 Å². The maximum Gasteiger partial charge on any atom is 0.338 e. The van der Waals surface area contributed by atoms with Crippen LogP contribution in [-0.4, -0.2) is 39.2 Å². The minimum atomic E-state index is -3.80. The fourth-order valence-electron chi connectivity index (χ4n) is 3.28. The van der Waals surface area contributed by atoms with E-state index in [1.54, 1.807) is 61.5 Å². The molecule has 8 nitrogen and oxygen atoms in total. The summed E-state index contributed by atoms with van der Waals surface area (Å²) in [4.78, 5) is 24.9. The first-order valence-electron chi connectivity index (χ1n) is 10.6. The topological polar surface area (TPSA) is 102 Å². The van der Waals surface area contributed by atoms with E-state index in [9.17, 15) is 18.0 Å². The van der Waals surface area contributed by atoms with Crippen LogP contribution in [0.1, 0.15) is 24.2 Å². The molecule has 0 radical (unpaired) electrons. The number of hydrogen-bond donors (Lipinski definition) is 1. The van der Waals surface area contributed by atoms with Crippen molar-refractivity contribution in [3.05, 3.63) is 84.4 Å². The highest BCUT2D eigenvalue weighted by Gasteiger charge is 2.29. The van der Waals surface area contributed by atoms with Crippen molar-refractivity contribution in [2.24, 2.45) is 0 Å². The second-order valence-electron chi connectivity index (χ2n) is 7.43. The van der Waals surface area contributed by atoms with Crippen molar-refractivity contribution in [3.63, 3.8) is 0 Å². The Bertz CT molecular complexity index is 1240. The Morgan fingerprint density at radius 1 is 0.941 bits per heavy atom. The number of carbonyl (C=O) groups is 2. The summed E-state index contributed by atoms with van der Waals surface area (Å²) in [6, 6.07) is 20.8. The Morgan fingerprint density at radius 2 is 1.59 bits per heavy atom. The quantitative estimate of drug-likeness (QED) is 0.452. The second kappa shape index (κ2) is 10.8. The van der Waals surface area contributed by atoms with Gasteiger partial charge in [0.15, 0.2) is 0 Å². The van der Waals surface area contributed by atoms with Gasteiger partial charge in [-0.3, -0.25) is 9.10 Å². The molecule has 0 aliphatic rings. The number of carbonyl (C=O) groups excluding carboxylic acids is 2. The lowest BCUT2D eigenvalue weighted by Crippen LogP contribution is -2.45. The van der Waals surface area contributed by atoms with Crippen LogP contribution in [0, 0.1) is 0 Å². The smallest absolute Gasteiger partial charge is 0.338 e. The Kier molecular flexibility index (Phi) is 7.91. The van der Waals surface area contributed by atoms with Crippen LogP contribution in [-0.2, 0) is 19.6 Å². The molecule has 0 fully saturated rings. The zero-order valence-electron chi connectivity index (χ0n) is 19.1. The van der Waals surface area contributed by atoms with Crippen LogP contribution in [0.4, 0.5) is 11.4 Å². The summed E-state index contributed by atoms with van der Waals surface area (Å²) in [5, 5.41) is 2.67. The number of nitrogens with zero attached hydrogens (tertiary/aromatic N) is 1. The summed E-state index contributed by atoms with van der Waals surface area (Å²) >= 11 is 0. The van der Waals surface area contributed by atoms with E-state index in [-0.39, 0.29) is 12.2 Å². The highest BCUT2D eigenvalue weighted by molar-refractivity contribution is 7.92. The molecule has 0 aromatic heterocycles. The van der Waals surface area contributed by atoms with Gasteiger partial charge in [0, 0.05) is 5.69 Å². The predicted octanol–water partition coefficient (Wildman–Crippen LogP) is 4.45. The lowest BCUT2D eigenvalue weighted by molar-refractivity contribution is -0.116. The molecule has 34 heavy (non-hydrogen) atoms. The third-order valence-corrected chi connectivity index (χ3v) is 6.04. The minimum absolute atomic E-state index is 0.227. The van der Waals surface area contributed by atoms with Gasteiger partial charge in [0.25, 0.3) is 0 Å². The number of para-hydroxylation sites is 1. The monoisotopic (exact) mass is 482 g/mol. The molecule has 0 spiro atoms. The van der Waals surface area contributed by atoms with E-state index < -0.39 is 27.9 Å². The first-order valence-corrected chi connectivity index (χ1v) is 12.4. The predicted molar refractivity (Wildman–Crippen MR) is 131 cm³/mol. The van der Waals surface area contributed by atoms with Crippen LogP contribution in [0.15, 0.2) is 78.9 Å². The van der Waals surface area contributed by atoms with Gasteiger partial charge < -0.3 is 14.8 Å². The Labute approximate surface area is 199 Å². The molecule has 0 saturated heterocycles. The summed E-state index contributed by atoms with van der Waals surface area (Å²) in [5.41, 5.74) is 0.939. The molecule has 0 bridgehead atoms. The number of hydrogen-bond acceptors (Lipinski definition) is 6. The summed E-state index contributed by atoms with van der Waals surface area (Å²) < 4.78 is 36.9. The van der Waals surface area contributed by atoms with Gasteiger partial charge in [0.05, 0.1) is 24.1 Å². The first kappa shape index (κ1) is 24.8. The molecular weight excluding hydrogens is 456 g/mol. The lowest BCUT2D eigenvalue weighted by atomic mass is 10.2. The van der Waals surface area contributed by atoms with Gasteiger partial charge in [-0.05, 0) is 68.4 Å². The fraction of sp³-hybridized carbons (Fsp3) is 0.200. The lowest BCUT2D eigenvalue weighted by Gasteiger charge is -2.28. The van der Waals surface area contributed by atoms with Gasteiger partial charge in [0.1, 0.15) is 17.5 Å². The summed E-state index contributed by atoms with van der Waals surface area (Å²) in [6.07, 6.45) is 1.03. The van der Waals surface area contributed by atoms with E-state index >= 15 is 0 Å². The van der Waals surface area contributed by atoms with Gasteiger partial charge in [-0.15, -0.1) is 0 Å². The largest absolute Gasteiger partial charge is 0.462 e. The fourth-order valence-corrected chi connectivity index (χ4v) is 4.45. The van der Waals surface area contributed by atoms with Crippen molar-refractivity contribution in [1.29, 1.82) is 0 Å². The molecule has 3 aromatic rings. The van der Waals surface area contributed by atoms with Gasteiger partial charge in [0.2, 0.25) is 15.9 Å². The number of amides is 1. The summed E-state index contributed by atoms with van der Waals surface area (Å²) in [5.74, 6) is 0.0996. The third-order valence-electron chi connectivity index (χ3n) is 4.80. The van der Waals surface area contributed by atoms with Gasteiger partial charge in [-0.25, -0.2) is 13.2 Å². The van der Waals surface area contributed by atoms with E-state index in [0.717, 1.165) is 10.6 Å². The number of sulfonamides is 1. The molecular formula is C25H26N2O6S. The van der Waals surface area contributed by atoms with Crippen LogP contribution in [0.2, 0.25) is 0 Å². The maximum absolute atomic E-state index is 12.9. The van der Waals surface area contributed by atoms with Crippen molar-refractivity contribution < 1.29 is 27.5 Å². The molecule has 1 atom stereocenters. The van der Waals surface area contributed by atoms with Gasteiger partial charge in [-0.1, -0.05) is 24.3 Å². The van der Waals surface area contributed by atoms with Crippen LogP contribution >= 0.6 is 0 Å². The normalized spacial score (nSPS) is 11.9. The average Bonchev–Trinajstić information content (AvgIpc) is 2.80. The Morgan fingerprint density at radius 3 is 2.21 bits per heavy atom. The van der Waals surface area contributed by atoms with Crippen molar-refractivity contribution in [1.82, 2.24) is 0 Å². The number of esters is 1. The molecule has 1 amide bonds. The number of ether oxygens (including phenoxy) is 2. The van der Waals surface area contributed by atoms with E-state index in [0.29, 0.717) is 22.9 Å². The van der Waals surface area contributed by atoms with Crippen molar-refractivity contribution in [3.8, 4) is 11.5 Å². The van der Waals surface area contributed by atoms with E-state index in [1.165, 1.54) is 13.0 Å². The Hall–Kier alpha value is -3.85. The SMILES string of the molecule is CCOC(=O)c1cccc(NC(=O)[C@H](C)N(c2ccc(Oc3ccccc3)cc2)S(C)(=O)=O)c1. The van der Waals surface area contributed by atoms with E-state index in [1.807, 2.05) is 18.2 Å². The molecule has 0 unspecified atom stereocenters. The highest BCUT2D eigenvalue weighted by Crippen LogP contribution is 2.27. The van der Waals surface area contributed by atoms with Crippen LogP contribution in [0.3, 0.4) is 0 Å². The van der Waals surface area contributed by atoms with Crippen molar-refractivity contribution in [2.75, 3.05) is 22.5 Å². The molecule has 0 aliphatic heterocycles. The molecule has 0 aliphatic carbocycles. The molecule has 1 N–H and O–H groups in total. The van der Waals surface area contributed by atoms with Crippen LogP contribution in [0.25, 0.3) is 0 Å².